The third-order valence-corrected chi connectivity index (χ3v) is 5.49. The van der Waals surface area contributed by atoms with Gasteiger partial charge in [0.25, 0.3) is 0 Å². The van der Waals surface area contributed by atoms with Crippen LogP contribution in [0.2, 0.25) is 0 Å². The third kappa shape index (κ3) is 9.80. The number of carbonyl (C=O) groups is 2. The molecule has 4 N–H and O–H groups in total. The maximum absolute atomic E-state index is 12.2. The molecule has 0 saturated heterocycles. The van der Waals surface area contributed by atoms with Crippen molar-refractivity contribution >= 4 is 11.7 Å². The first kappa shape index (κ1) is 24.8. The Morgan fingerprint density at radius 3 is 2.68 bits per heavy atom. The summed E-state index contributed by atoms with van der Waals surface area (Å²) in [6.45, 7) is 2.38. The molecule has 4 atom stereocenters. The van der Waals surface area contributed by atoms with Crippen molar-refractivity contribution in [2.45, 2.75) is 89.8 Å². The second-order valence-corrected chi connectivity index (χ2v) is 7.90. The van der Waals surface area contributed by atoms with Crippen molar-refractivity contribution in [3.63, 3.8) is 0 Å². The van der Waals surface area contributed by atoms with Crippen LogP contribution in [-0.2, 0) is 9.59 Å². The van der Waals surface area contributed by atoms with Crippen LogP contribution in [0.1, 0.15) is 77.6 Å². The summed E-state index contributed by atoms with van der Waals surface area (Å²) in [7, 11) is 0. The molecule has 0 aliphatic heterocycles. The van der Waals surface area contributed by atoms with E-state index in [-0.39, 0.29) is 36.6 Å². The van der Waals surface area contributed by atoms with Crippen molar-refractivity contribution in [1.82, 2.24) is 5.32 Å². The highest BCUT2D eigenvalue weighted by Crippen LogP contribution is 2.34. The zero-order valence-electron chi connectivity index (χ0n) is 17.3. The first-order valence-electron chi connectivity index (χ1n) is 10.9. The molecule has 162 valence electrons. The Morgan fingerprint density at radius 1 is 1.21 bits per heavy atom. The Labute approximate surface area is 169 Å². The maximum Gasteiger partial charge on any atom is 0.220 e. The summed E-state index contributed by atoms with van der Waals surface area (Å²) in [4.78, 5) is 23.7. The van der Waals surface area contributed by atoms with Gasteiger partial charge in [-0.3, -0.25) is 9.59 Å². The second kappa shape index (κ2) is 14.7. The smallest absolute Gasteiger partial charge is 0.220 e. The van der Waals surface area contributed by atoms with E-state index in [0.29, 0.717) is 13.0 Å². The van der Waals surface area contributed by atoms with Gasteiger partial charge in [-0.15, -0.1) is 0 Å². The van der Waals surface area contributed by atoms with E-state index in [2.05, 4.69) is 12.2 Å². The topological polar surface area (TPSA) is 107 Å². The lowest BCUT2D eigenvalue weighted by molar-refractivity contribution is -0.122. The van der Waals surface area contributed by atoms with E-state index in [9.17, 15) is 19.8 Å². The number of carbonyl (C=O) groups excluding carboxylic acids is 2. The molecule has 0 unspecified atom stereocenters. The molecule has 0 bridgehead atoms. The summed E-state index contributed by atoms with van der Waals surface area (Å²) in [5, 5.41) is 31.6. The van der Waals surface area contributed by atoms with Crippen molar-refractivity contribution in [2.24, 2.45) is 11.8 Å². The van der Waals surface area contributed by atoms with E-state index in [0.717, 1.165) is 57.8 Å². The highest BCUT2D eigenvalue weighted by atomic mass is 16.3. The molecule has 1 rings (SSSR count). The lowest BCUT2D eigenvalue weighted by Gasteiger charge is -2.18. The molecule has 1 saturated carbocycles. The molecule has 0 aromatic rings. The molecule has 1 aliphatic rings. The number of nitrogens with one attached hydrogen (secondary N) is 1. The first-order chi connectivity index (χ1) is 13.5. The zero-order valence-corrected chi connectivity index (χ0v) is 17.3. The summed E-state index contributed by atoms with van der Waals surface area (Å²) < 4.78 is 0. The van der Waals surface area contributed by atoms with Crippen LogP contribution < -0.4 is 5.32 Å². The maximum atomic E-state index is 12.2. The first-order valence-corrected chi connectivity index (χ1v) is 10.9. The number of amides is 1. The largest absolute Gasteiger partial charge is 0.395 e. The highest BCUT2D eigenvalue weighted by molar-refractivity contribution is 5.84. The molecule has 1 fully saturated rings. The molecule has 0 aromatic heterocycles. The fourth-order valence-electron chi connectivity index (χ4n) is 3.84. The van der Waals surface area contributed by atoms with E-state index in [1.807, 2.05) is 6.08 Å². The highest BCUT2D eigenvalue weighted by Gasteiger charge is 2.39. The van der Waals surface area contributed by atoms with Gasteiger partial charge in [-0.1, -0.05) is 57.6 Å². The van der Waals surface area contributed by atoms with Gasteiger partial charge >= 0.3 is 0 Å². The minimum atomic E-state index is -0.646. The van der Waals surface area contributed by atoms with Gasteiger partial charge in [-0.2, -0.15) is 0 Å². The fourth-order valence-corrected chi connectivity index (χ4v) is 3.84. The number of aliphatic hydroxyl groups is 3. The Balaban J connectivity index is 2.31. The van der Waals surface area contributed by atoms with Gasteiger partial charge in [-0.05, 0) is 19.3 Å². The van der Waals surface area contributed by atoms with Crippen LogP contribution in [0.3, 0.4) is 0 Å². The summed E-state index contributed by atoms with van der Waals surface area (Å²) in [5.74, 6) is -0.281. The second-order valence-electron chi connectivity index (χ2n) is 7.90. The molecule has 6 nitrogen and oxygen atoms in total. The monoisotopic (exact) mass is 397 g/mol. The molecule has 0 heterocycles. The minimum absolute atomic E-state index is 0.0363. The van der Waals surface area contributed by atoms with E-state index < -0.39 is 12.2 Å². The number of rotatable bonds is 15. The number of Topliss-reactive ketones (excluding diaryl/α,β-unsaturated/α-hetero) is 1. The fraction of sp³-hybridized carbons (Fsp3) is 0.818. The Morgan fingerprint density at radius 2 is 1.96 bits per heavy atom. The van der Waals surface area contributed by atoms with Gasteiger partial charge in [0.2, 0.25) is 5.91 Å². The molecule has 1 amide bonds. The summed E-state index contributed by atoms with van der Waals surface area (Å²) in [5.41, 5.74) is 0. The van der Waals surface area contributed by atoms with Gasteiger partial charge in [0.05, 0.1) is 18.8 Å². The SMILES string of the molecule is CCCCC[C@H](O)/C=C/[C@H]1[C@H](O)CC(=O)[C@H]1CCCCCCC(=O)NCCO. The van der Waals surface area contributed by atoms with Crippen LogP contribution in [0.15, 0.2) is 12.2 Å². The predicted molar refractivity (Wildman–Crippen MR) is 110 cm³/mol. The normalized spacial score (nSPS) is 23.4. The van der Waals surface area contributed by atoms with E-state index in [1.165, 1.54) is 0 Å². The van der Waals surface area contributed by atoms with Crippen molar-refractivity contribution in [1.29, 1.82) is 0 Å². The predicted octanol–water partition coefficient (Wildman–Crippen LogP) is 2.50. The van der Waals surface area contributed by atoms with Crippen LogP contribution in [0.5, 0.6) is 0 Å². The van der Waals surface area contributed by atoms with Crippen molar-refractivity contribution < 1.29 is 24.9 Å². The number of aliphatic hydroxyl groups excluding tert-OH is 3. The minimum Gasteiger partial charge on any atom is -0.395 e. The molecule has 6 heteroatoms. The number of hydrogen-bond donors (Lipinski definition) is 4. The van der Waals surface area contributed by atoms with Crippen LogP contribution in [-0.4, -0.2) is 52.4 Å². The molecule has 0 radical (unpaired) electrons. The molecule has 28 heavy (non-hydrogen) atoms. The van der Waals surface area contributed by atoms with Gasteiger partial charge in [-0.25, -0.2) is 0 Å². The van der Waals surface area contributed by atoms with Gasteiger partial charge < -0.3 is 20.6 Å². The van der Waals surface area contributed by atoms with Gasteiger partial charge in [0, 0.05) is 31.2 Å². The molecule has 0 spiro atoms. The van der Waals surface area contributed by atoms with Crippen LogP contribution in [0.25, 0.3) is 0 Å². The zero-order chi connectivity index (χ0) is 20.8. The molecular weight excluding hydrogens is 358 g/mol. The number of ketones is 1. The van der Waals surface area contributed by atoms with E-state index in [1.54, 1.807) is 6.08 Å². The Bertz CT molecular complexity index is 480. The Hall–Kier alpha value is -1.24. The number of hydrogen-bond acceptors (Lipinski definition) is 5. The van der Waals surface area contributed by atoms with Crippen molar-refractivity contribution in [2.75, 3.05) is 13.2 Å². The summed E-state index contributed by atoms with van der Waals surface area (Å²) in [6, 6.07) is 0. The molecular formula is C22H39NO5. The van der Waals surface area contributed by atoms with Crippen LogP contribution in [0, 0.1) is 11.8 Å². The summed E-state index contributed by atoms with van der Waals surface area (Å²) in [6.07, 6.45) is 11.3. The van der Waals surface area contributed by atoms with Crippen LogP contribution >= 0.6 is 0 Å². The van der Waals surface area contributed by atoms with Gasteiger partial charge in [0.1, 0.15) is 5.78 Å². The quantitative estimate of drug-likeness (QED) is 0.251. The number of unbranched alkanes of at least 4 members (excludes halogenated alkanes) is 5. The average molecular weight is 398 g/mol. The van der Waals surface area contributed by atoms with E-state index in [4.69, 9.17) is 5.11 Å². The average Bonchev–Trinajstić information content (AvgIpc) is 2.94. The van der Waals surface area contributed by atoms with Crippen molar-refractivity contribution in [3.8, 4) is 0 Å². The lowest BCUT2D eigenvalue weighted by atomic mass is 9.88. The third-order valence-electron chi connectivity index (χ3n) is 5.49. The standard InChI is InChI=1S/C22H39NO5/c1-2-3-6-9-17(25)12-13-19-18(20(26)16-21(19)27)10-7-4-5-8-11-22(28)23-14-15-24/h12-13,17-19,21,24-25,27H,2-11,14-16H2,1H3,(H,23,28)/b13-12+/t17-,18-,19+,21+/m0/s1. The van der Waals surface area contributed by atoms with Gasteiger partial charge in [0.15, 0.2) is 0 Å². The van der Waals surface area contributed by atoms with Crippen molar-refractivity contribution in [3.05, 3.63) is 12.2 Å². The summed E-state index contributed by atoms with van der Waals surface area (Å²) >= 11 is 0. The Kier molecular flexibility index (Phi) is 13.0. The van der Waals surface area contributed by atoms with E-state index >= 15 is 0 Å². The lowest BCUT2D eigenvalue weighted by Crippen LogP contribution is -2.25. The van der Waals surface area contributed by atoms with Crippen LogP contribution in [0.4, 0.5) is 0 Å². The molecule has 0 aromatic carbocycles. The molecule has 1 aliphatic carbocycles.